The molecule has 1 amide bonds. The predicted molar refractivity (Wildman–Crippen MR) is 65.8 cm³/mol. The normalized spacial score (nSPS) is 19.2. The molecule has 1 atom stereocenters. The van der Waals surface area contributed by atoms with E-state index in [9.17, 15) is 4.79 Å². The highest BCUT2D eigenvalue weighted by molar-refractivity contribution is 6.33. The van der Waals surface area contributed by atoms with Gasteiger partial charge in [0.2, 0.25) is 0 Å². The summed E-state index contributed by atoms with van der Waals surface area (Å²) in [6, 6.07) is 6.89. The molecule has 1 aliphatic rings. The average molecular weight is 255 g/mol. The maximum absolute atomic E-state index is 11.7. The molecule has 5 heteroatoms. The average Bonchev–Trinajstić information content (AvgIpc) is 2.82. The van der Waals surface area contributed by atoms with Gasteiger partial charge in [-0.3, -0.25) is 9.63 Å². The van der Waals surface area contributed by atoms with Crippen molar-refractivity contribution in [3.63, 3.8) is 0 Å². The van der Waals surface area contributed by atoms with Gasteiger partial charge in [0.1, 0.15) is 0 Å². The van der Waals surface area contributed by atoms with E-state index in [1.807, 2.05) is 0 Å². The maximum Gasteiger partial charge on any atom is 0.276 e. The van der Waals surface area contributed by atoms with Crippen molar-refractivity contribution in [1.82, 2.24) is 10.8 Å². The Hall–Kier alpha value is -1.10. The molecule has 0 aromatic heterocycles. The number of amides is 1. The lowest BCUT2D eigenvalue weighted by atomic mass is 10.1. The van der Waals surface area contributed by atoms with Crippen LogP contribution in [0.3, 0.4) is 0 Å². The summed E-state index contributed by atoms with van der Waals surface area (Å²) in [5.74, 6) is 0.170. The van der Waals surface area contributed by atoms with Crippen LogP contribution in [0.25, 0.3) is 0 Å². The highest BCUT2D eigenvalue weighted by Gasteiger charge is 2.15. The first-order valence-corrected chi connectivity index (χ1v) is 6.02. The molecule has 1 heterocycles. The summed E-state index contributed by atoms with van der Waals surface area (Å²) >= 11 is 5.90. The van der Waals surface area contributed by atoms with Crippen LogP contribution in [-0.2, 0) is 4.84 Å². The molecule has 1 fully saturated rings. The highest BCUT2D eigenvalue weighted by atomic mass is 35.5. The second-order valence-electron chi connectivity index (χ2n) is 4.08. The lowest BCUT2D eigenvalue weighted by Crippen LogP contribution is -2.27. The number of carbonyl (C=O) groups is 1. The van der Waals surface area contributed by atoms with Gasteiger partial charge < -0.3 is 5.32 Å². The lowest BCUT2D eigenvalue weighted by Gasteiger charge is -2.10. The van der Waals surface area contributed by atoms with Gasteiger partial charge in [-0.1, -0.05) is 23.7 Å². The summed E-state index contributed by atoms with van der Waals surface area (Å²) in [5, 5.41) is 3.66. The highest BCUT2D eigenvalue weighted by Crippen LogP contribution is 2.14. The number of halogens is 1. The van der Waals surface area contributed by atoms with E-state index >= 15 is 0 Å². The number of hydrogen-bond acceptors (Lipinski definition) is 3. The second-order valence-corrected chi connectivity index (χ2v) is 4.49. The van der Waals surface area contributed by atoms with Crippen molar-refractivity contribution in [3.05, 3.63) is 34.9 Å². The first kappa shape index (κ1) is 12.4. The van der Waals surface area contributed by atoms with Gasteiger partial charge in [-0.15, -0.1) is 0 Å². The molecule has 0 spiro atoms. The molecule has 2 rings (SSSR count). The van der Waals surface area contributed by atoms with Crippen LogP contribution in [0.2, 0.25) is 5.02 Å². The quantitative estimate of drug-likeness (QED) is 0.803. The smallest absolute Gasteiger partial charge is 0.276 e. The molecule has 0 saturated carbocycles. The van der Waals surface area contributed by atoms with Crippen LogP contribution in [0, 0.1) is 5.92 Å². The third-order valence-corrected chi connectivity index (χ3v) is 3.09. The Morgan fingerprint density at radius 1 is 1.53 bits per heavy atom. The van der Waals surface area contributed by atoms with Gasteiger partial charge in [0.15, 0.2) is 0 Å². The van der Waals surface area contributed by atoms with Crippen LogP contribution in [0.5, 0.6) is 0 Å². The molecule has 1 unspecified atom stereocenters. The minimum atomic E-state index is -0.304. The van der Waals surface area contributed by atoms with Gasteiger partial charge >= 0.3 is 0 Å². The molecule has 4 nitrogen and oxygen atoms in total. The predicted octanol–water partition coefficient (Wildman–Crippen LogP) is 1.61. The Labute approximate surface area is 105 Å². The Balaban J connectivity index is 1.79. The fourth-order valence-electron chi connectivity index (χ4n) is 1.78. The fraction of sp³-hybridized carbons (Fsp3) is 0.417. The van der Waals surface area contributed by atoms with Crippen LogP contribution < -0.4 is 10.8 Å². The molecule has 0 radical (unpaired) electrons. The van der Waals surface area contributed by atoms with Crippen LogP contribution in [0.4, 0.5) is 0 Å². The molecular weight excluding hydrogens is 240 g/mol. The van der Waals surface area contributed by atoms with Gasteiger partial charge in [-0.2, -0.15) is 0 Å². The molecule has 92 valence electrons. The number of hydroxylamine groups is 1. The Kier molecular flexibility index (Phi) is 4.36. The van der Waals surface area contributed by atoms with E-state index in [1.54, 1.807) is 24.3 Å². The van der Waals surface area contributed by atoms with Crippen molar-refractivity contribution in [2.75, 3.05) is 19.7 Å². The number of nitrogens with one attached hydrogen (secondary N) is 2. The zero-order valence-electron chi connectivity index (χ0n) is 9.41. The minimum Gasteiger partial charge on any atom is -0.316 e. The Morgan fingerprint density at radius 2 is 2.35 bits per heavy atom. The van der Waals surface area contributed by atoms with Crippen LogP contribution in [0.15, 0.2) is 24.3 Å². The van der Waals surface area contributed by atoms with E-state index in [0.29, 0.717) is 23.1 Å². The number of carbonyl (C=O) groups excluding carboxylic acids is 1. The van der Waals surface area contributed by atoms with Crippen LogP contribution in [0.1, 0.15) is 16.8 Å². The largest absolute Gasteiger partial charge is 0.316 e. The van der Waals surface area contributed by atoms with E-state index in [0.717, 1.165) is 19.5 Å². The van der Waals surface area contributed by atoms with Crippen molar-refractivity contribution in [1.29, 1.82) is 0 Å². The number of rotatable bonds is 4. The molecular formula is C12H15ClN2O2. The van der Waals surface area contributed by atoms with Crippen molar-refractivity contribution in [2.45, 2.75) is 6.42 Å². The second kappa shape index (κ2) is 6.00. The van der Waals surface area contributed by atoms with Gasteiger partial charge in [0.25, 0.3) is 5.91 Å². The Bertz CT molecular complexity index is 392. The van der Waals surface area contributed by atoms with Crippen molar-refractivity contribution < 1.29 is 9.63 Å². The first-order valence-electron chi connectivity index (χ1n) is 5.65. The van der Waals surface area contributed by atoms with Crippen LogP contribution in [-0.4, -0.2) is 25.6 Å². The zero-order valence-corrected chi connectivity index (χ0v) is 10.2. The Morgan fingerprint density at radius 3 is 3.06 bits per heavy atom. The topological polar surface area (TPSA) is 50.4 Å². The SMILES string of the molecule is O=C(NOCC1CCNC1)c1ccccc1Cl. The minimum absolute atomic E-state index is 0.304. The third kappa shape index (κ3) is 3.43. The van der Waals surface area contributed by atoms with Gasteiger partial charge in [-0.05, 0) is 31.0 Å². The number of hydrogen-bond donors (Lipinski definition) is 2. The third-order valence-electron chi connectivity index (χ3n) is 2.76. The summed E-state index contributed by atoms with van der Waals surface area (Å²) in [7, 11) is 0. The summed E-state index contributed by atoms with van der Waals surface area (Å²) in [6.07, 6.45) is 1.09. The zero-order chi connectivity index (χ0) is 12.1. The maximum atomic E-state index is 11.7. The summed E-state index contributed by atoms with van der Waals surface area (Å²) < 4.78 is 0. The first-order chi connectivity index (χ1) is 8.27. The van der Waals surface area contributed by atoms with Gasteiger partial charge in [-0.25, -0.2) is 5.48 Å². The van der Waals surface area contributed by atoms with E-state index < -0.39 is 0 Å². The van der Waals surface area contributed by atoms with Gasteiger partial charge in [0.05, 0.1) is 17.2 Å². The van der Waals surface area contributed by atoms with Crippen molar-refractivity contribution in [2.24, 2.45) is 5.92 Å². The molecule has 1 aliphatic heterocycles. The lowest BCUT2D eigenvalue weighted by molar-refractivity contribution is 0.0188. The monoisotopic (exact) mass is 254 g/mol. The van der Waals surface area contributed by atoms with Crippen molar-refractivity contribution >= 4 is 17.5 Å². The van der Waals surface area contributed by atoms with E-state index in [1.165, 1.54) is 0 Å². The van der Waals surface area contributed by atoms with Gasteiger partial charge in [0, 0.05) is 6.54 Å². The van der Waals surface area contributed by atoms with Crippen molar-refractivity contribution in [3.8, 4) is 0 Å². The standard InChI is InChI=1S/C12H15ClN2O2/c13-11-4-2-1-3-10(11)12(16)15-17-8-9-5-6-14-7-9/h1-4,9,14H,5-8H2,(H,15,16). The molecule has 0 aliphatic carbocycles. The van der Waals surface area contributed by atoms with E-state index in [4.69, 9.17) is 16.4 Å². The molecule has 2 N–H and O–H groups in total. The molecule has 1 saturated heterocycles. The summed E-state index contributed by atoms with van der Waals surface area (Å²) in [5.41, 5.74) is 2.84. The fourth-order valence-corrected chi connectivity index (χ4v) is 2.00. The van der Waals surface area contributed by atoms with Crippen LogP contribution >= 0.6 is 11.6 Å². The number of benzene rings is 1. The molecule has 1 aromatic carbocycles. The summed E-state index contributed by atoms with van der Waals surface area (Å²) in [4.78, 5) is 16.9. The molecule has 0 bridgehead atoms. The van der Waals surface area contributed by atoms with E-state index in [2.05, 4.69) is 10.8 Å². The molecule has 1 aromatic rings. The summed E-state index contributed by atoms with van der Waals surface area (Å²) in [6.45, 7) is 2.50. The van der Waals surface area contributed by atoms with E-state index in [-0.39, 0.29) is 5.91 Å². The molecule has 17 heavy (non-hydrogen) atoms.